The van der Waals surface area contributed by atoms with Gasteiger partial charge in [0.2, 0.25) is 0 Å². The third kappa shape index (κ3) is 1.85. The molecule has 0 spiro atoms. The summed E-state index contributed by atoms with van der Waals surface area (Å²) in [5.41, 5.74) is -0.761. The number of hydrogen-bond donors (Lipinski definition) is 0. The van der Waals surface area contributed by atoms with E-state index in [1.54, 1.807) is 0 Å². The molecule has 2 nitrogen and oxygen atoms in total. The third-order valence-corrected chi connectivity index (χ3v) is 1.46. The van der Waals surface area contributed by atoms with E-state index >= 15 is 0 Å². The monoisotopic (exact) mass is 196 g/mol. The van der Waals surface area contributed by atoms with Gasteiger partial charge in [-0.1, -0.05) is 11.6 Å². The van der Waals surface area contributed by atoms with Crippen molar-refractivity contribution in [3.8, 4) is 0 Å². The van der Waals surface area contributed by atoms with Gasteiger partial charge in [0.1, 0.15) is 0 Å². The van der Waals surface area contributed by atoms with Crippen molar-refractivity contribution in [1.82, 2.24) is 10.2 Å². The van der Waals surface area contributed by atoms with E-state index in [2.05, 4.69) is 10.2 Å². The van der Waals surface area contributed by atoms with Gasteiger partial charge in [-0.2, -0.15) is 18.3 Å². The fraction of sp³-hybridized carbons (Fsp3) is 0.333. The summed E-state index contributed by atoms with van der Waals surface area (Å²) in [7, 11) is 0. The van der Waals surface area contributed by atoms with E-state index in [1.165, 1.54) is 6.92 Å². The Kier molecular flexibility index (Phi) is 2.23. The average molecular weight is 197 g/mol. The van der Waals surface area contributed by atoms with Crippen LogP contribution in [0.2, 0.25) is 5.15 Å². The summed E-state index contributed by atoms with van der Waals surface area (Å²) in [5.74, 6) is 0. The smallest absolute Gasteiger partial charge is 0.166 e. The largest absolute Gasteiger partial charge is 0.419 e. The van der Waals surface area contributed by atoms with Crippen LogP contribution in [0.15, 0.2) is 6.07 Å². The maximum Gasteiger partial charge on any atom is 0.419 e. The van der Waals surface area contributed by atoms with Gasteiger partial charge >= 0.3 is 6.18 Å². The topological polar surface area (TPSA) is 25.8 Å². The first kappa shape index (κ1) is 9.25. The minimum atomic E-state index is -4.46. The van der Waals surface area contributed by atoms with Gasteiger partial charge in [0, 0.05) is 0 Å². The number of rotatable bonds is 0. The normalized spacial score (nSPS) is 11.8. The van der Waals surface area contributed by atoms with Crippen LogP contribution in [0.3, 0.4) is 0 Å². The molecular formula is C6H4ClF3N2. The number of aromatic nitrogens is 2. The first-order chi connectivity index (χ1) is 5.41. The minimum Gasteiger partial charge on any atom is -0.166 e. The molecule has 0 bridgehead atoms. The predicted molar refractivity (Wildman–Crippen MR) is 36.8 cm³/mol. The number of halogens is 4. The quantitative estimate of drug-likeness (QED) is 0.637. The molecule has 1 aromatic rings. The number of hydrogen-bond acceptors (Lipinski definition) is 2. The van der Waals surface area contributed by atoms with Crippen LogP contribution in [0.5, 0.6) is 0 Å². The molecule has 6 heteroatoms. The second kappa shape index (κ2) is 2.90. The van der Waals surface area contributed by atoms with E-state index in [-0.39, 0.29) is 5.69 Å². The van der Waals surface area contributed by atoms with Crippen molar-refractivity contribution in [2.75, 3.05) is 0 Å². The van der Waals surface area contributed by atoms with E-state index in [4.69, 9.17) is 11.6 Å². The highest BCUT2D eigenvalue weighted by molar-refractivity contribution is 6.30. The summed E-state index contributed by atoms with van der Waals surface area (Å²) in [6, 6.07) is 0.856. The predicted octanol–water partition coefficient (Wildman–Crippen LogP) is 2.46. The molecule has 0 saturated heterocycles. The number of aryl methyl sites for hydroxylation is 1. The summed E-state index contributed by atoms with van der Waals surface area (Å²) in [5, 5.41) is 5.89. The zero-order valence-electron chi connectivity index (χ0n) is 5.98. The van der Waals surface area contributed by atoms with Crippen LogP contribution in [0.25, 0.3) is 0 Å². The zero-order chi connectivity index (χ0) is 9.35. The Hall–Kier alpha value is -0.840. The maximum atomic E-state index is 12.1. The van der Waals surface area contributed by atoms with Gasteiger partial charge in [-0.15, -0.1) is 5.10 Å². The summed E-state index contributed by atoms with van der Waals surface area (Å²) in [4.78, 5) is 0. The molecule has 0 aliphatic carbocycles. The Balaban J connectivity index is 3.23. The van der Waals surface area contributed by atoms with Crippen molar-refractivity contribution >= 4 is 11.6 Å². The molecule has 0 N–H and O–H groups in total. The van der Waals surface area contributed by atoms with E-state index in [0.29, 0.717) is 0 Å². The number of alkyl halides is 3. The van der Waals surface area contributed by atoms with E-state index in [9.17, 15) is 13.2 Å². The Bertz CT molecular complexity index is 297. The number of nitrogens with zero attached hydrogens (tertiary/aromatic N) is 2. The lowest BCUT2D eigenvalue weighted by Crippen LogP contribution is -2.08. The molecule has 1 heterocycles. The Morgan fingerprint density at radius 1 is 1.33 bits per heavy atom. The molecule has 0 amide bonds. The molecule has 12 heavy (non-hydrogen) atoms. The van der Waals surface area contributed by atoms with Gasteiger partial charge in [-0.05, 0) is 13.0 Å². The van der Waals surface area contributed by atoms with E-state index < -0.39 is 16.9 Å². The van der Waals surface area contributed by atoms with Crippen molar-refractivity contribution in [2.24, 2.45) is 0 Å². The van der Waals surface area contributed by atoms with E-state index in [1.807, 2.05) is 0 Å². The molecule has 0 saturated carbocycles. The van der Waals surface area contributed by atoms with Crippen LogP contribution in [0.4, 0.5) is 13.2 Å². The molecule has 0 radical (unpaired) electrons. The van der Waals surface area contributed by atoms with Gasteiger partial charge in [0.05, 0.1) is 11.3 Å². The molecule has 0 aromatic carbocycles. The van der Waals surface area contributed by atoms with Crippen LogP contribution in [-0.2, 0) is 6.18 Å². The highest BCUT2D eigenvalue weighted by atomic mass is 35.5. The van der Waals surface area contributed by atoms with Gasteiger partial charge in [0.15, 0.2) is 5.15 Å². The summed E-state index contributed by atoms with van der Waals surface area (Å²) >= 11 is 5.19. The van der Waals surface area contributed by atoms with Crippen molar-refractivity contribution in [1.29, 1.82) is 0 Å². The Morgan fingerprint density at radius 2 is 1.92 bits per heavy atom. The van der Waals surface area contributed by atoms with Crippen LogP contribution < -0.4 is 0 Å². The highest BCUT2D eigenvalue weighted by Crippen LogP contribution is 2.33. The molecular weight excluding hydrogens is 193 g/mol. The van der Waals surface area contributed by atoms with Crippen molar-refractivity contribution in [2.45, 2.75) is 13.1 Å². The van der Waals surface area contributed by atoms with Crippen molar-refractivity contribution < 1.29 is 13.2 Å². The van der Waals surface area contributed by atoms with E-state index in [0.717, 1.165) is 6.07 Å². The lowest BCUT2D eigenvalue weighted by molar-refractivity contribution is -0.137. The second-order valence-electron chi connectivity index (χ2n) is 2.19. The molecule has 66 valence electrons. The van der Waals surface area contributed by atoms with Gasteiger partial charge in [-0.25, -0.2) is 0 Å². The third-order valence-electron chi connectivity index (χ3n) is 1.18. The SMILES string of the molecule is Cc1cc(C(F)(F)F)c(Cl)nn1. The van der Waals surface area contributed by atoms with Gasteiger partial charge < -0.3 is 0 Å². The first-order valence-corrected chi connectivity index (χ1v) is 3.36. The summed E-state index contributed by atoms with van der Waals surface area (Å²) in [6.45, 7) is 1.42. The molecule has 0 aliphatic rings. The molecule has 0 fully saturated rings. The van der Waals surface area contributed by atoms with Crippen molar-refractivity contribution in [3.05, 3.63) is 22.5 Å². The van der Waals surface area contributed by atoms with Gasteiger partial charge in [0.25, 0.3) is 0 Å². The highest BCUT2D eigenvalue weighted by Gasteiger charge is 2.34. The Labute approximate surface area is 71.4 Å². The molecule has 1 aromatic heterocycles. The Morgan fingerprint density at radius 3 is 2.33 bits per heavy atom. The minimum absolute atomic E-state index is 0.187. The molecule has 1 rings (SSSR count). The van der Waals surface area contributed by atoms with Crippen LogP contribution >= 0.6 is 11.6 Å². The lowest BCUT2D eigenvalue weighted by atomic mass is 10.2. The second-order valence-corrected chi connectivity index (χ2v) is 2.55. The fourth-order valence-electron chi connectivity index (χ4n) is 0.673. The average Bonchev–Trinajstić information content (AvgIpc) is 1.92. The zero-order valence-corrected chi connectivity index (χ0v) is 6.74. The standard InChI is InChI=1S/C6H4ClF3N2/c1-3-2-4(6(8,9)10)5(7)12-11-3/h2H,1H3. The first-order valence-electron chi connectivity index (χ1n) is 2.98. The fourth-order valence-corrected chi connectivity index (χ4v) is 0.872. The van der Waals surface area contributed by atoms with Crippen LogP contribution in [-0.4, -0.2) is 10.2 Å². The lowest BCUT2D eigenvalue weighted by Gasteiger charge is -2.06. The molecule has 0 aliphatic heterocycles. The summed E-state index contributed by atoms with van der Waals surface area (Å²) in [6.07, 6.45) is -4.46. The van der Waals surface area contributed by atoms with Crippen LogP contribution in [0, 0.1) is 6.92 Å². The van der Waals surface area contributed by atoms with Gasteiger partial charge in [-0.3, -0.25) is 0 Å². The maximum absolute atomic E-state index is 12.1. The summed E-state index contributed by atoms with van der Waals surface area (Å²) < 4.78 is 36.2. The molecule has 0 unspecified atom stereocenters. The van der Waals surface area contributed by atoms with Crippen molar-refractivity contribution in [3.63, 3.8) is 0 Å². The molecule has 0 atom stereocenters. The van der Waals surface area contributed by atoms with Crippen LogP contribution in [0.1, 0.15) is 11.3 Å².